The molecule has 1 N–H and O–H groups in total. The van der Waals surface area contributed by atoms with E-state index in [1.54, 1.807) is 29.2 Å². The van der Waals surface area contributed by atoms with E-state index in [4.69, 9.17) is 9.47 Å². The third kappa shape index (κ3) is 4.02. The molecule has 2 aromatic carbocycles. The summed E-state index contributed by atoms with van der Waals surface area (Å²) in [5.41, 5.74) is 1.52. The van der Waals surface area contributed by atoms with Crippen LogP contribution in [0.2, 0.25) is 0 Å². The molecular formula is C18H19FN2O3. The molecule has 2 aromatic rings. The predicted octanol–water partition coefficient (Wildman–Crippen LogP) is 3.11. The van der Waals surface area contributed by atoms with Crippen molar-refractivity contribution in [2.45, 2.75) is 12.8 Å². The molecule has 1 aliphatic heterocycles. The Kier molecular flexibility index (Phi) is 5.28. The number of hydrogen-bond acceptors (Lipinski definition) is 4. The normalized spacial score (nSPS) is 17.4. The zero-order valence-corrected chi connectivity index (χ0v) is 13.2. The molecule has 126 valence electrons. The van der Waals surface area contributed by atoms with Crippen molar-refractivity contribution < 1.29 is 18.7 Å². The molecule has 0 spiro atoms. The Bertz CT molecular complexity index is 681. The molecule has 1 aliphatic rings. The van der Waals surface area contributed by atoms with E-state index in [1.807, 2.05) is 30.3 Å². The highest BCUT2D eigenvalue weighted by atomic mass is 19.1. The summed E-state index contributed by atoms with van der Waals surface area (Å²) in [6.07, 6.45) is -1.83. The summed E-state index contributed by atoms with van der Waals surface area (Å²) in [5.74, 6) is 0.326. The van der Waals surface area contributed by atoms with Gasteiger partial charge in [0.15, 0.2) is 12.0 Å². The molecule has 1 saturated heterocycles. The molecule has 0 aromatic heterocycles. The minimum atomic E-state index is -1.25. The Morgan fingerprint density at radius 2 is 1.96 bits per heavy atom. The third-order valence-electron chi connectivity index (χ3n) is 3.73. The molecule has 0 aliphatic carbocycles. The van der Waals surface area contributed by atoms with E-state index >= 15 is 0 Å². The molecule has 1 atom stereocenters. The van der Waals surface area contributed by atoms with E-state index in [0.29, 0.717) is 31.1 Å². The van der Waals surface area contributed by atoms with Gasteiger partial charge in [0, 0.05) is 13.1 Å². The Morgan fingerprint density at radius 1 is 1.21 bits per heavy atom. The number of nitrogens with one attached hydrogen (secondary N) is 1. The maximum absolute atomic E-state index is 14.1. The van der Waals surface area contributed by atoms with Crippen LogP contribution in [0.1, 0.15) is 5.56 Å². The summed E-state index contributed by atoms with van der Waals surface area (Å²) in [4.78, 5) is 13.6. The molecule has 0 radical (unpaired) electrons. The fourth-order valence-electron chi connectivity index (χ4n) is 2.53. The monoisotopic (exact) mass is 330 g/mol. The van der Waals surface area contributed by atoms with Crippen LogP contribution in [0.15, 0.2) is 54.6 Å². The van der Waals surface area contributed by atoms with Crippen molar-refractivity contribution in [2.24, 2.45) is 0 Å². The average Bonchev–Trinajstić information content (AvgIpc) is 2.62. The minimum Gasteiger partial charge on any atom is -0.408 e. The van der Waals surface area contributed by atoms with E-state index in [-0.39, 0.29) is 6.61 Å². The smallest absolute Gasteiger partial charge is 0.408 e. The largest absolute Gasteiger partial charge is 0.412 e. The van der Waals surface area contributed by atoms with Gasteiger partial charge in [0.05, 0.1) is 18.9 Å². The summed E-state index contributed by atoms with van der Waals surface area (Å²) < 4.78 is 24.5. The van der Waals surface area contributed by atoms with E-state index in [0.717, 1.165) is 5.56 Å². The topological polar surface area (TPSA) is 50.8 Å². The highest BCUT2D eigenvalue weighted by Crippen LogP contribution is 2.31. The Balaban J connectivity index is 1.65. The standard InChI is InChI=1S/C18H19FN2O3/c19-17-13-23-11-10-21(17)15-8-4-5-9-16(15)24-18(22)20-12-14-6-2-1-3-7-14/h1-9,17H,10-13H2,(H,20,22). The fraction of sp³-hybridized carbons (Fsp3) is 0.278. The second kappa shape index (κ2) is 7.79. The van der Waals surface area contributed by atoms with Gasteiger partial charge in [-0.2, -0.15) is 0 Å². The Hall–Kier alpha value is -2.60. The molecule has 1 heterocycles. The number of rotatable bonds is 4. The fourth-order valence-corrected chi connectivity index (χ4v) is 2.53. The van der Waals surface area contributed by atoms with E-state index in [2.05, 4.69) is 5.32 Å². The van der Waals surface area contributed by atoms with Crippen LogP contribution in [-0.2, 0) is 11.3 Å². The first-order valence-corrected chi connectivity index (χ1v) is 7.81. The predicted molar refractivity (Wildman–Crippen MR) is 88.8 cm³/mol. The van der Waals surface area contributed by atoms with Gasteiger partial charge < -0.3 is 19.7 Å². The number of carbonyl (C=O) groups is 1. The van der Waals surface area contributed by atoms with Crippen molar-refractivity contribution in [1.82, 2.24) is 5.32 Å². The van der Waals surface area contributed by atoms with Gasteiger partial charge in [0.1, 0.15) is 0 Å². The van der Waals surface area contributed by atoms with Crippen LogP contribution in [-0.4, -0.2) is 32.1 Å². The molecule has 1 unspecified atom stereocenters. The molecule has 0 saturated carbocycles. The quantitative estimate of drug-likeness (QED) is 0.875. The molecule has 0 bridgehead atoms. The number of para-hydroxylation sites is 2. The highest BCUT2D eigenvalue weighted by Gasteiger charge is 2.25. The lowest BCUT2D eigenvalue weighted by Gasteiger charge is -2.33. The van der Waals surface area contributed by atoms with Crippen molar-refractivity contribution >= 4 is 11.8 Å². The van der Waals surface area contributed by atoms with Crippen molar-refractivity contribution in [3.63, 3.8) is 0 Å². The molecule has 24 heavy (non-hydrogen) atoms. The van der Waals surface area contributed by atoms with Crippen LogP contribution in [0.25, 0.3) is 0 Å². The van der Waals surface area contributed by atoms with Crippen LogP contribution in [0.4, 0.5) is 14.9 Å². The number of morpholine rings is 1. The number of hydrogen-bond donors (Lipinski definition) is 1. The first kappa shape index (κ1) is 16.3. The summed E-state index contributed by atoms with van der Waals surface area (Å²) in [6.45, 7) is 1.22. The number of ether oxygens (including phenoxy) is 2. The number of benzene rings is 2. The molecule has 6 heteroatoms. The second-order valence-electron chi connectivity index (χ2n) is 5.40. The van der Waals surface area contributed by atoms with E-state index < -0.39 is 12.4 Å². The first-order chi connectivity index (χ1) is 11.7. The minimum absolute atomic E-state index is 0.00847. The van der Waals surface area contributed by atoms with Crippen molar-refractivity contribution in [1.29, 1.82) is 0 Å². The van der Waals surface area contributed by atoms with Crippen LogP contribution < -0.4 is 15.0 Å². The number of alkyl halides is 1. The number of amides is 1. The van der Waals surface area contributed by atoms with Gasteiger partial charge in [-0.15, -0.1) is 0 Å². The summed E-state index contributed by atoms with van der Waals surface area (Å²) >= 11 is 0. The second-order valence-corrected chi connectivity index (χ2v) is 5.40. The lowest BCUT2D eigenvalue weighted by molar-refractivity contribution is 0.0494. The van der Waals surface area contributed by atoms with Gasteiger partial charge >= 0.3 is 6.09 Å². The van der Waals surface area contributed by atoms with Gasteiger partial charge in [-0.25, -0.2) is 9.18 Å². The number of nitrogens with zero attached hydrogens (tertiary/aromatic N) is 1. The summed E-state index contributed by atoms with van der Waals surface area (Å²) in [5, 5.41) is 2.69. The SMILES string of the molecule is O=C(NCc1ccccc1)Oc1ccccc1N1CCOCC1F. The summed E-state index contributed by atoms with van der Waals surface area (Å²) in [6, 6.07) is 16.5. The van der Waals surface area contributed by atoms with Crippen molar-refractivity contribution in [3.8, 4) is 5.75 Å². The van der Waals surface area contributed by atoms with Crippen molar-refractivity contribution in [2.75, 3.05) is 24.7 Å². The molecule has 5 nitrogen and oxygen atoms in total. The van der Waals surface area contributed by atoms with Crippen LogP contribution in [0, 0.1) is 0 Å². The molecule has 1 fully saturated rings. The number of carbonyl (C=O) groups excluding carboxylic acids is 1. The highest BCUT2D eigenvalue weighted by molar-refractivity contribution is 5.73. The number of anilines is 1. The molecule has 3 rings (SSSR count). The molecule has 1 amide bonds. The van der Waals surface area contributed by atoms with Gasteiger partial charge in [-0.1, -0.05) is 42.5 Å². The maximum atomic E-state index is 14.1. The average molecular weight is 330 g/mol. The molecular weight excluding hydrogens is 311 g/mol. The van der Waals surface area contributed by atoms with Gasteiger partial charge in [0.2, 0.25) is 0 Å². The third-order valence-corrected chi connectivity index (χ3v) is 3.73. The van der Waals surface area contributed by atoms with E-state index in [1.165, 1.54) is 0 Å². The maximum Gasteiger partial charge on any atom is 0.412 e. The van der Waals surface area contributed by atoms with Gasteiger partial charge in [-0.3, -0.25) is 0 Å². The Morgan fingerprint density at radius 3 is 2.75 bits per heavy atom. The number of halogens is 1. The van der Waals surface area contributed by atoms with Crippen LogP contribution >= 0.6 is 0 Å². The summed E-state index contributed by atoms with van der Waals surface area (Å²) in [7, 11) is 0. The van der Waals surface area contributed by atoms with Gasteiger partial charge in [-0.05, 0) is 17.7 Å². The van der Waals surface area contributed by atoms with Crippen molar-refractivity contribution in [3.05, 3.63) is 60.2 Å². The lowest BCUT2D eigenvalue weighted by Crippen LogP contribution is -2.43. The van der Waals surface area contributed by atoms with E-state index in [9.17, 15) is 9.18 Å². The lowest BCUT2D eigenvalue weighted by atomic mass is 10.2. The van der Waals surface area contributed by atoms with Crippen LogP contribution in [0.3, 0.4) is 0 Å². The first-order valence-electron chi connectivity index (χ1n) is 7.81. The zero-order chi connectivity index (χ0) is 16.8. The van der Waals surface area contributed by atoms with Crippen LogP contribution in [0.5, 0.6) is 5.75 Å². The zero-order valence-electron chi connectivity index (χ0n) is 13.2. The Labute approximate surface area is 140 Å². The van der Waals surface area contributed by atoms with Gasteiger partial charge in [0.25, 0.3) is 0 Å².